The Morgan fingerprint density at radius 2 is 1.84 bits per heavy atom. The lowest BCUT2D eigenvalue weighted by atomic mass is 9.95. The van der Waals surface area contributed by atoms with E-state index in [1.165, 1.54) is 0 Å². The normalized spacial score (nSPS) is 27.6. The van der Waals surface area contributed by atoms with Crippen LogP contribution in [-0.2, 0) is 4.74 Å². The summed E-state index contributed by atoms with van der Waals surface area (Å²) in [4.78, 5) is 27.4. The number of aromatic nitrogens is 2. The van der Waals surface area contributed by atoms with Crippen molar-refractivity contribution in [3.63, 3.8) is 0 Å². The van der Waals surface area contributed by atoms with Crippen molar-refractivity contribution in [1.82, 2.24) is 19.8 Å². The summed E-state index contributed by atoms with van der Waals surface area (Å²) in [7, 11) is 0. The van der Waals surface area contributed by atoms with Gasteiger partial charge in [0, 0.05) is 31.4 Å². The third-order valence-corrected chi connectivity index (χ3v) is 9.38. The van der Waals surface area contributed by atoms with Crippen LogP contribution in [0.15, 0.2) is 10.5 Å². The molecule has 6 rings (SSSR count). The number of hydrogen-bond acceptors (Lipinski definition) is 8. The van der Waals surface area contributed by atoms with Gasteiger partial charge >= 0.3 is 18.5 Å². The van der Waals surface area contributed by atoms with Crippen LogP contribution in [0.5, 0.6) is 11.8 Å². The largest absolute Gasteiger partial charge is 0.573 e. The van der Waals surface area contributed by atoms with E-state index in [2.05, 4.69) is 35.5 Å². The van der Waals surface area contributed by atoms with Gasteiger partial charge in [0.2, 0.25) is 0 Å². The zero-order chi connectivity index (χ0) is 30.9. The Hall–Kier alpha value is -2.68. The fraction of sp³-hybridized carbons (Fsp3) is 0.679. The van der Waals surface area contributed by atoms with Crippen LogP contribution in [-0.4, -0.2) is 94.4 Å². The fourth-order valence-corrected chi connectivity index (χ4v) is 7.37. The molecule has 1 aromatic heterocycles. The van der Waals surface area contributed by atoms with E-state index >= 15 is 4.39 Å². The second-order valence-corrected chi connectivity index (χ2v) is 13.6. The first-order valence-corrected chi connectivity index (χ1v) is 15.2. The summed E-state index contributed by atoms with van der Waals surface area (Å²) in [6, 6.07) is 0.391. The van der Waals surface area contributed by atoms with E-state index in [4.69, 9.17) is 9.47 Å². The Morgan fingerprint density at radius 1 is 1.14 bits per heavy atom. The number of carbonyl (C=O) groups excluding carboxylic acids is 1. The minimum absolute atomic E-state index is 0.00256. The van der Waals surface area contributed by atoms with E-state index in [1.54, 1.807) is 25.7 Å². The highest BCUT2D eigenvalue weighted by Gasteiger charge is 2.50. The number of fused-ring (bicyclic) bond motifs is 4. The number of piperazine rings is 1. The summed E-state index contributed by atoms with van der Waals surface area (Å²) in [5, 5.41) is 0.00256. The number of hydrogen-bond donors (Lipinski definition) is 0. The number of ether oxygens (including phenoxy) is 3. The third-order valence-electron chi connectivity index (χ3n) is 8.64. The summed E-state index contributed by atoms with van der Waals surface area (Å²) in [5.74, 6) is -1.67. The van der Waals surface area contributed by atoms with Crippen LogP contribution in [0.4, 0.5) is 32.6 Å². The molecular formula is C28H33BrF5N5O4. The molecule has 2 bridgehead atoms. The molecule has 1 aromatic carbocycles. The number of anilines is 1. The van der Waals surface area contributed by atoms with E-state index in [9.17, 15) is 22.4 Å². The number of nitrogens with zero attached hydrogens (tertiary/aromatic N) is 5. The van der Waals surface area contributed by atoms with Crippen molar-refractivity contribution in [2.45, 2.75) is 88.6 Å². The second kappa shape index (κ2) is 10.7. The lowest BCUT2D eigenvalue weighted by Crippen LogP contribution is -2.57. The van der Waals surface area contributed by atoms with Crippen LogP contribution >= 0.6 is 15.9 Å². The maximum atomic E-state index is 15.7. The van der Waals surface area contributed by atoms with E-state index in [1.807, 2.05) is 4.90 Å². The molecule has 4 aliphatic heterocycles. The Labute approximate surface area is 253 Å². The lowest BCUT2D eigenvalue weighted by molar-refractivity contribution is -0.274. The Kier molecular flexibility index (Phi) is 7.58. The maximum absolute atomic E-state index is 15.7. The SMILES string of the molecule is CC(C)(C)OC(=O)N1C2CCC1CN(c1nc(OC[C@@]34CCCN3C[C@H](F)C4)nc3c(F)c(Br)c(OC(F)(F)F)cc13)C2. The predicted molar refractivity (Wildman–Crippen MR) is 150 cm³/mol. The highest BCUT2D eigenvalue weighted by Crippen LogP contribution is 2.43. The lowest BCUT2D eigenvalue weighted by Gasteiger charge is -2.42. The van der Waals surface area contributed by atoms with Crippen molar-refractivity contribution in [3.8, 4) is 11.8 Å². The highest BCUT2D eigenvalue weighted by atomic mass is 79.9. The first kappa shape index (κ1) is 30.4. The Morgan fingerprint density at radius 3 is 2.49 bits per heavy atom. The summed E-state index contributed by atoms with van der Waals surface area (Å²) < 4.78 is 84.8. The fourth-order valence-electron chi connectivity index (χ4n) is 6.99. The van der Waals surface area contributed by atoms with E-state index < -0.39 is 45.8 Å². The van der Waals surface area contributed by atoms with Crippen molar-refractivity contribution in [1.29, 1.82) is 0 Å². The van der Waals surface area contributed by atoms with Gasteiger partial charge < -0.3 is 19.1 Å². The monoisotopic (exact) mass is 677 g/mol. The standard InChI is InChI=1S/C28H33BrF5N5O4/c1-26(2,3)43-25(40)39-16-5-6-17(39)13-37(12-16)23-18-9-19(42-28(32,33)34)20(29)21(31)22(18)35-24(36-23)41-14-27-7-4-8-38(27)11-15(30)10-27/h9,15-17H,4-8,10-14H2,1-3H3/t15-,16?,17?,27+/m1/s1. The van der Waals surface area contributed by atoms with Gasteiger partial charge in [-0.1, -0.05) is 0 Å². The molecule has 2 unspecified atom stereocenters. The summed E-state index contributed by atoms with van der Waals surface area (Å²) >= 11 is 2.89. The summed E-state index contributed by atoms with van der Waals surface area (Å²) in [5.41, 5.74) is -1.45. The van der Waals surface area contributed by atoms with Gasteiger partial charge in [-0.15, -0.1) is 13.2 Å². The number of alkyl halides is 4. The number of rotatable bonds is 5. The van der Waals surface area contributed by atoms with Crippen LogP contribution in [0.1, 0.15) is 52.9 Å². The van der Waals surface area contributed by atoms with Gasteiger partial charge in [0.1, 0.15) is 35.5 Å². The minimum Gasteiger partial charge on any atom is -0.461 e. The smallest absolute Gasteiger partial charge is 0.461 e. The maximum Gasteiger partial charge on any atom is 0.573 e. The topological polar surface area (TPSA) is 80.3 Å². The van der Waals surface area contributed by atoms with Crippen molar-refractivity contribution in [2.75, 3.05) is 37.7 Å². The van der Waals surface area contributed by atoms with E-state index in [0.717, 1.165) is 25.5 Å². The Bertz CT molecular complexity index is 1410. The molecule has 0 radical (unpaired) electrons. The van der Waals surface area contributed by atoms with Crippen LogP contribution in [0, 0.1) is 5.82 Å². The van der Waals surface area contributed by atoms with Crippen molar-refractivity contribution in [2.24, 2.45) is 0 Å². The molecule has 4 fully saturated rings. The minimum atomic E-state index is -5.06. The van der Waals surface area contributed by atoms with Crippen molar-refractivity contribution < 1.29 is 41.0 Å². The van der Waals surface area contributed by atoms with Gasteiger partial charge in [-0.3, -0.25) is 9.80 Å². The molecule has 43 heavy (non-hydrogen) atoms. The van der Waals surface area contributed by atoms with Gasteiger partial charge in [0.05, 0.1) is 22.1 Å². The summed E-state index contributed by atoms with van der Waals surface area (Å²) in [6.45, 7) is 7.10. The highest BCUT2D eigenvalue weighted by molar-refractivity contribution is 9.10. The molecule has 9 nitrogen and oxygen atoms in total. The second-order valence-electron chi connectivity index (χ2n) is 12.8. The molecule has 1 amide bonds. The van der Waals surface area contributed by atoms with E-state index in [-0.39, 0.29) is 54.5 Å². The average molecular weight is 678 g/mol. The zero-order valence-corrected chi connectivity index (χ0v) is 25.6. The molecule has 0 spiro atoms. The molecule has 2 aromatic rings. The first-order valence-electron chi connectivity index (χ1n) is 14.4. The molecule has 0 saturated carbocycles. The van der Waals surface area contributed by atoms with Crippen LogP contribution in [0.2, 0.25) is 0 Å². The molecule has 0 aliphatic carbocycles. The number of benzene rings is 1. The van der Waals surface area contributed by atoms with Gasteiger partial charge in [-0.2, -0.15) is 9.97 Å². The number of carbonyl (C=O) groups is 1. The molecular weight excluding hydrogens is 645 g/mol. The molecule has 0 N–H and O–H groups in total. The Balaban J connectivity index is 1.36. The van der Waals surface area contributed by atoms with Gasteiger partial charge in [0.25, 0.3) is 0 Å². The van der Waals surface area contributed by atoms with Crippen LogP contribution < -0.4 is 14.4 Å². The molecule has 4 saturated heterocycles. The average Bonchev–Trinajstić information content (AvgIpc) is 3.51. The molecule has 4 aliphatic rings. The predicted octanol–water partition coefficient (Wildman–Crippen LogP) is 5.97. The van der Waals surface area contributed by atoms with E-state index in [0.29, 0.717) is 25.8 Å². The first-order chi connectivity index (χ1) is 20.1. The number of halogens is 6. The quantitative estimate of drug-likeness (QED) is 0.358. The molecule has 4 atom stereocenters. The molecule has 236 valence electrons. The summed E-state index contributed by atoms with van der Waals surface area (Å²) in [6.07, 6.45) is -3.15. The van der Waals surface area contributed by atoms with Gasteiger partial charge in [-0.25, -0.2) is 13.6 Å². The van der Waals surface area contributed by atoms with Gasteiger partial charge in [0.15, 0.2) is 5.82 Å². The van der Waals surface area contributed by atoms with Crippen LogP contribution in [0.25, 0.3) is 10.9 Å². The number of amides is 1. The molecule has 15 heteroatoms. The van der Waals surface area contributed by atoms with Crippen LogP contribution in [0.3, 0.4) is 0 Å². The van der Waals surface area contributed by atoms with Crippen molar-refractivity contribution in [3.05, 3.63) is 16.4 Å². The van der Waals surface area contributed by atoms with Gasteiger partial charge in [-0.05, 0) is 75.0 Å². The third kappa shape index (κ3) is 5.90. The van der Waals surface area contributed by atoms with Crippen molar-refractivity contribution >= 4 is 38.7 Å². The zero-order valence-electron chi connectivity index (χ0n) is 24.0. The molecule has 5 heterocycles.